The number of aromatic nitrogens is 2. The molecule has 0 saturated carbocycles. The average molecular weight is 318 g/mol. The Morgan fingerprint density at radius 3 is 2.65 bits per heavy atom. The smallest absolute Gasteiger partial charge is 0.259 e. The summed E-state index contributed by atoms with van der Waals surface area (Å²) in [5, 5.41) is 7.29. The van der Waals surface area contributed by atoms with Crippen LogP contribution in [0.5, 0.6) is 0 Å². The molecule has 0 unspecified atom stereocenters. The molecule has 0 radical (unpaired) electrons. The second-order valence-electron chi connectivity index (χ2n) is 5.99. The Hall–Kier alpha value is -2.44. The van der Waals surface area contributed by atoms with E-state index in [0.29, 0.717) is 22.4 Å². The predicted octanol–water partition coefficient (Wildman–Crippen LogP) is 1.86. The molecule has 0 bridgehead atoms. The van der Waals surface area contributed by atoms with Crippen molar-refractivity contribution in [2.24, 2.45) is 0 Å². The molecule has 2 aromatic heterocycles. The van der Waals surface area contributed by atoms with E-state index >= 15 is 0 Å². The molecule has 0 aromatic carbocycles. The van der Waals surface area contributed by atoms with Crippen LogP contribution in [0, 0.1) is 6.92 Å². The summed E-state index contributed by atoms with van der Waals surface area (Å²) in [6, 6.07) is 1.76. The van der Waals surface area contributed by atoms with Crippen LogP contribution in [0.1, 0.15) is 47.9 Å². The van der Waals surface area contributed by atoms with Crippen molar-refractivity contribution in [3.05, 3.63) is 23.0 Å². The summed E-state index contributed by atoms with van der Waals surface area (Å²) in [6.45, 7) is 6.04. The Kier molecular flexibility index (Phi) is 4.98. The van der Waals surface area contributed by atoms with Gasteiger partial charge in [0.2, 0.25) is 5.91 Å². The first-order valence-electron chi connectivity index (χ1n) is 7.56. The van der Waals surface area contributed by atoms with Crippen molar-refractivity contribution < 1.29 is 14.1 Å². The van der Waals surface area contributed by atoms with E-state index < -0.39 is 0 Å². The second kappa shape index (κ2) is 6.76. The average Bonchev–Trinajstić information content (AvgIpc) is 2.87. The van der Waals surface area contributed by atoms with E-state index in [0.717, 1.165) is 5.69 Å². The summed E-state index contributed by atoms with van der Waals surface area (Å²) < 4.78 is 5.20. The quantitative estimate of drug-likeness (QED) is 0.909. The first kappa shape index (κ1) is 16.9. The van der Waals surface area contributed by atoms with Gasteiger partial charge in [0.15, 0.2) is 0 Å². The maximum Gasteiger partial charge on any atom is 0.259 e. The molecule has 23 heavy (non-hydrogen) atoms. The standard InChI is InChI=1S/C16H22N4O3/c1-9(2)12-8-11(14-10(3)19-23-16(14)18-12)15(22)17-7-6-13(21)20(4)5/h8-9H,6-7H2,1-5H3,(H,17,22). The zero-order chi connectivity index (χ0) is 17.1. The maximum atomic E-state index is 12.5. The van der Waals surface area contributed by atoms with Crippen LogP contribution in [0.4, 0.5) is 0 Å². The first-order valence-corrected chi connectivity index (χ1v) is 7.56. The number of hydrogen-bond donors (Lipinski definition) is 1. The molecule has 0 spiro atoms. The molecule has 0 aliphatic carbocycles. The van der Waals surface area contributed by atoms with Crippen LogP contribution in [0.3, 0.4) is 0 Å². The van der Waals surface area contributed by atoms with Gasteiger partial charge in [-0.15, -0.1) is 0 Å². The van der Waals surface area contributed by atoms with Gasteiger partial charge in [-0.3, -0.25) is 9.59 Å². The van der Waals surface area contributed by atoms with Crippen molar-refractivity contribution in [1.82, 2.24) is 20.4 Å². The number of nitrogens with one attached hydrogen (secondary N) is 1. The number of carbonyl (C=O) groups is 2. The van der Waals surface area contributed by atoms with Crippen LogP contribution < -0.4 is 5.32 Å². The lowest BCUT2D eigenvalue weighted by Gasteiger charge is -2.11. The SMILES string of the molecule is Cc1noc2nc(C(C)C)cc(C(=O)NCCC(=O)N(C)C)c12. The van der Waals surface area contributed by atoms with Crippen LogP contribution in [0.15, 0.2) is 10.6 Å². The van der Waals surface area contributed by atoms with Gasteiger partial charge in [0.1, 0.15) is 0 Å². The minimum atomic E-state index is -0.253. The third-order valence-electron chi connectivity index (χ3n) is 3.60. The lowest BCUT2D eigenvalue weighted by Crippen LogP contribution is -2.30. The van der Waals surface area contributed by atoms with Gasteiger partial charge < -0.3 is 14.7 Å². The molecule has 124 valence electrons. The highest BCUT2D eigenvalue weighted by molar-refractivity contribution is 6.06. The molecule has 0 aliphatic rings. The van der Waals surface area contributed by atoms with Crippen molar-refractivity contribution >= 4 is 22.9 Å². The van der Waals surface area contributed by atoms with Gasteiger partial charge in [-0.05, 0) is 18.9 Å². The van der Waals surface area contributed by atoms with Gasteiger partial charge in [0, 0.05) is 32.8 Å². The number of hydrogen-bond acceptors (Lipinski definition) is 5. The van der Waals surface area contributed by atoms with Crippen molar-refractivity contribution in [1.29, 1.82) is 0 Å². The number of aryl methyl sites for hydroxylation is 1. The van der Waals surface area contributed by atoms with E-state index in [4.69, 9.17) is 4.52 Å². The molecule has 7 heteroatoms. The van der Waals surface area contributed by atoms with Gasteiger partial charge in [-0.2, -0.15) is 0 Å². The molecule has 0 aliphatic heterocycles. The Bertz CT molecular complexity index is 734. The molecule has 0 atom stereocenters. The van der Waals surface area contributed by atoms with Crippen LogP contribution in [-0.4, -0.2) is 47.5 Å². The summed E-state index contributed by atoms with van der Waals surface area (Å²) >= 11 is 0. The Balaban J connectivity index is 2.25. The zero-order valence-electron chi connectivity index (χ0n) is 14.1. The number of nitrogens with zero attached hydrogens (tertiary/aromatic N) is 3. The summed E-state index contributed by atoms with van der Waals surface area (Å²) in [5.41, 5.74) is 2.23. The fourth-order valence-electron chi connectivity index (χ4n) is 2.19. The molecular weight excluding hydrogens is 296 g/mol. The third-order valence-corrected chi connectivity index (χ3v) is 3.60. The molecule has 2 heterocycles. The van der Waals surface area contributed by atoms with Gasteiger partial charge >= 0.3 is 0 Å². The van der Waals surface area contributed by atoms with Crippen molar-refractivity contribution in [3.8, 4) is 0 Å². The minimum absolute atomic E-state index is 0.0331. The molecule has 2 aromatic rings. The van der Waals surface area contributed by atoms with Gasteiger partial charge in [0.25, 0.3) is 11.6 Å². The highest BCUT2D eigenvalue weighted by Crippen LogP contribution is 2.24. The highest BCUT2D eigenvalue weighted by atomic mass is 16.5. The van der Waals surface area contributed by atoms with Crippen LogP contribution in [-0.2, 0) is 4.79 Å². The lowest BCUT2D eigenvalue weighted by atomic mass is 10.0. The first-order chi connectivity index (χ1) is 10.8. The van der Waals surface area contributed by atoms with E-state index in [1.807, 2.05) is 13.8 Å². The maximum absolute atomic E-state index is 12.5. The van der Waals surface area contributed by atoms with Crippen molar-refractivity contribution in [2.45, 2.75) is 33.1 Å². The summed E-state index contributed by atoms with van der Waals surface area (Å²) in [7, 11) is 3.37. The third kappa shape index (κ3) is 3.67. The molecular formula is C16H22N4O3. The van der Waals surface area contributed by atoms with E-state index in [2.05, 4.69) is 15.5 Å². The molecule has 2 amide bonds. The van der Waals surface area contributed by atoms with Gasteiger partial charge in [-0.25, -0.2) is 4.98 Å². The van der Waals surface area contributed by atoms with Crippen LogP contribution in [0.25, 0.3) is 11.1 Å². The van der Waals surface area contributed by atoms with Gasteiger partial charge in [-0.1, -0.05) is 19.0 Å². The number of carbonyl (C=O) groups excluding carboxylic acids is 2. The molecule has 0 saturated heterocycles. The summed E-state index contributed by atoms with van der Waals surface area (Å²) in [4.78, 5) is 30.0. The largest absolute Gasteiger partial charge is 0.351 e. The summed E-state index contributed by atoms with van der Waals surface area (Å²) in [5.74, 6) is -0.127. The Labute approximate surface area is 135 Å². The summed E-state index contributed by atoms with van der Waals surface area (Å²) in [6.07, 6.45) is 0.257. The molecule has 1 N–H and O–H groups in total. The Morgan fingerprint density at radius 2 is 2.04 bits per heavy atom. The van der Waals surface area contributed by atoms with E-state index in [1.165, 1.54) is 4.90 Å². The zero-order valence-corrected chi connectivity index (χ0v) is 14.1. The van der Waals surface area contributed by atoms with Crippen molar-refractivity contribution in [3.63, 3.8) is 0 Å². The van der Waals surface area contributed by atoms with E-state index in [1.54, 1.807) is 27.1 Å². The van der Waals surface area contributed by atoms with Gasteiger partial charge in [0.05, 0.1) is 16.6 Å². The van der Waals surface area contributed by atoms with Crippen LogP contribution in [0.2, 0.25) is 0 Å². The Morgan fingerprint density at radius 1 is 1.35 bits per heavy atom. The number of rotatable bonds is 5. The highest BCUT2D eigenvalue weighted by Gasteiger charge is 2.19. The predicted molar refractivity (Wildman–Crippen MR) is 86.3 cm³/mol. The molecule has 7 nitrogen and oxygen atoms in total. The monoisotopic (exact) mass is 318 g/mol. The molecule has 0 fully saturated rings. The van der Waals surface area contributed by atoms with Crippen molar-refractivity contribution in [2.75, 3.05) is 20.6 Å². The minimum Gasteiger partial charge on any atom is -0.351 e. The number of amides is 2. The normalized spacial score (nSPS) is 11.0. The molecule has 2 rings (SSSR count). The fourth-order valence-corrected chi connectivity index (χ4v) is 2.19. The lowest BCUT2D eigenvalue weighted by molar-refractivity contribution is -0.128. The second-order valence-corrected chi connectivity index (χ2v) is 5.99. The number of fused-ring (bicyclic) bond motifs is 1. The topological polar surface area (TPSA) is 88.3 Å². The van der Waals surface area contributed by atoms with Crippen LogP contribution >= 0.6 is 0 Å². The fraction of sp³-hybridized carbons (Fsp3) is 0.500. The van der Waals surface area contributed by atoms with E-state index in [-0.39, 0.29) is 30.7 Å². The van der Waals surface area contributed by atoms with E-state index in [9.17, 15) is 9.59 Å². The number of pyridine rings is 1.